The van der Waals surface area contributed by atoms with Crippen molar-refractivity contribution in [3.63, 3.8) is 0 Å². The zero-order valence-electron chi connectivity index (χ0n) is 17.0. The predicted octanol–water partition coefficient (Wildman–Crippen LogP) is 4.18. The second kappa shape index (κ2) is 9.07. The highest BCUT2D eigenvalue weighted by molar-refractivity contribution is 5.94. The van der Waals surface area contributed by atoms with Gasteiger partial charge < -0.3 is 9.64 Å². The third-order valence-electron chi connectivity index (χ3n) is 5.59. The third kappa shape index (κ3) is 4.35. The summed E-state index contributed by atoms with van der Waals surface area (Å²) in [5.41, 5.74) is 2.22. The van der Waals surface area contributed by atoms with E-state index in [2.05, 4.69) is 10.3 Å². The molecule has 2 aromatic carbocycles. The molecule has 2 heterocycles. The Hall–Kier alpha value is -3.22. The monoisotopic (exact) mass is 408 g/mol. The molecule has 0 radical (unpaired) electrons. The number of aryl methyl sites for hydroxylation is 1. The van der Waals surface area contributed by atoms with Crippen molar-refractivity contribution in [3.05, 3.63) is 66.1 Å². The molecule has 4 rings (SSSR count). The fourth-order valence-corrected chi connectivity index (χ4v) is 3.96. The van der Waals surface area contributed by atoms with E-state index >= 15 is 0 Å². The first-order chi connectivity index (χ1) is 14.7. The van der Waals surface area contributed by atoms with Crippen molar-refractivity contribution in [2.45, 2.75) is 38.3 Å². The number of likely N-dealkylation sites (tertiary alicyclic amines) is 1. The van der Waals surface area contributed by atoms with Crippen molar-refractivity contribution in [1.82, 2.24) is 19.9 Å². The van der Waals surface area contributed by atoms with Gasteiger partial charge in [0.05, 0.1) is 13.3 Å². The standard InChI is InChI=1S/C23H25FN4O2/c1-30-22-11-10-18(15-20(22)24)23(29)28-13-6-5-9-19(28)12-14-27-16-21(25-26-27)17-7-3-2-4-8-17/h2-4,7-8,10-11,15-16,19H,5-6,9,12-14H2,1H3. The molecule has 1 aliphatic heterocycles. The van der Waals surface area contributed by atoms with E-state index < -0.39 is 5.82 Å². The Morgan fingerprint density at radius 2 is 2.03 bits per heavy atom. The first kappa shape index (κ1) is 20.1. The molecule has 7 heteroatoms. The summed E-state index contributed by atoms with van der Waals surface area (Å²) in [6.07, 6.45) is 5.69. The van der Waals surface area contributed by atoms with E-state index in [9.17, 15) is 9.18 Å². The van der Waals surface area contributed by atoms with Crippen LogP contribution in [0.1, 0.15) is 36.0 Å². The summed E-state index contributed by atoms with van der Waals surface area (Å²) in [7, 11) is 1.41. The van der Waals surface area contributed by atoms with Crippen LogP contribution >= 0.6 is 0 Å². The molecule has 0 saturated carbocycles. The predicted molar refractivity (Wildman–Crippen MR) is 112 cm³/mol. The first-order valence-electron chi connectivity index (χ1n) is 10.3. The van der Waals surface area contributed by atoms with Crippen LogP contribution in [0.3, 0.4) is 0 Å². The molecule has 1 fully saturated rings. The number of amides is 1. The van der Waals surface area contributed by atoms with Crippen LogP contribution < -0.4 is 4.74 Å². The first-order valence-corrected chi connectivity index (χ1v) is 10.3. The quantitative estimate of drug-likeness (QED) is 0.614. The Morgan fingerprint density at radius 3 is 2.80 bits per heavy atom. The Balaban J connectivity index is 1.43. The molecule has 6 nitrogen and oxygen atoms in total. The molecule has 0 aliphatic carbocycles. The number of piperidine rings is 1. The number of rotatable bonds is 6. The van der Waals surface area contributed by atoms with Gasteiger partial charge in [0, 0.05) is 30.3 Å². The van der Waals surface area contributed by atoms with Gasteiger partial charge in [-0.05, 0) is 43.9 Å². The number of carbonyl (C=O) groups excluding carboxylic acids is 1. The van der Waals surface area contributed by atoms with Crippen LogP contribution in [0.5, 0.6) is 5.75 Å². The zero-order chi connectivity index (χ0) is 20.9. The number of halogens is 1. The maximum atomic E-state index is 14.1. The van der Waals surface area contributed by atoms with Crippen LogP contribution in [-0.4, -0.2) is 45.5 Å². The van der Waals surface area contributed by atoms with Gasteiger partial charge in [-0.1, -0.05) is 35.5 Å². The highest BCUT2D eigenvalue weighted by Gasteiger charge is 2.28. The minimum atomic E-state index is -0.520. The summed E-state index contributed by atoms with van der Waals surface area (Å²) in [6.45, 7) is 1.36. The topological polar surface area (TPSA) is 60.2 Å². The van der Waals surface area contributed by atoms with E-state index in [0.717, 1.165) is 36.9 Å². The van der Waals surface area contributed by atoms with Gasteiger partial charge >= 0.3 is 0 Å². The van der Waals surface area contributed by atoms with E-state index in [1.165, 1.54) is 19.2 Å². The second-order valence-electron chi connectivity index (χ2n) is 7.52. The maximum absolute atomic E-state index is 14.1. The summed E-state index contributed by atoms with van der Waals surface area (Å²) in [6, 6.07) is 14.4. The van der Waals surface area contributed by atoms with E-state index in [0.29, 0.717) is 18.7 Å². The lowest BCUT2D eigenvalue weighted by atomic mass is 9.98. The van der Waals surface area contributed by atoms with Crippen LogP contribution in [0, 0.1) is 5.82 Å². The molecular formula is C23H25FN4O2. The van der Waals surface area contributed by atoms with Crippen molar-refractivity contribution >= 4 is 5.91 Å². The largest absolute Gasteiger partial charge is 0.494 e. The number of hydrogen-bond donors (Lipinski definition) is 0. The molecule has 1 unspecified atom stereocenters. The van der Waals surface area contributed by atoms with Gasteiger partial charge in [0.1, 0.15) is 5.69 Å². The fourth-order valence-electron chi connectivity index (χ4n) is 3.96. The van der Waals surface area contributed by atoms with Crippen LogP contribution in [0.4, 0.5) is 4.39 Å². The zero-order valence-corrected chi connectivity index (χ0v) is 17.0. The third-order valence-corrected chi connectivity index (χ3v) is 5.59. The van der Waals surface area contributed by atoms with E-state index in [-0.39, 0.29) is 17.7 Å². The van der Waals surface area contributed by atoms with E-state index in [1.54, 1.807) is 6.07 Å². The average Bonchev–Trinajstić information content (AvgIpc) is 3.27. The molecule has 1 amide bonds. The molecule has 1 aliphatic rings. The smallest absolute Gasteiger partial charge is 0.254 e. The summed E-state index contributed by atoms with van der Waals surface area (Å²) in [5.74, 6) is -0.514. The molecule has 0 N–H and O–H groups in total. The second-order valence-corrected chi connectivity index (χ2v) is 7.52. The van der Waals surface area contributed by atoms with Gasteiger partial charge in [0.15, 0.2) is 11.6 Å². The van der Waals surface area contributed by atoms with Crippen molar-refractivity contribution < 1.29 is 13.9 Å². The van der Waals surface area contributed by atoms with Gasteiger partial charge in [-0.2, -0.15) is 0 Å². The lowest BCUT2D eigenvalue weighted by Gasteiger charge is -2.36. The Labute approximate surface area is 175 Å². The van der Waals surface area contributed by atoms with Gasteiger partial charge in [0.2, 0.25) is 0 Å². The van der Waals surface area contributed by atoms with Gasteiger partial charge in [-0.3, -0.25) is 9.48 Å². The van der Waals surface area contributed by atoms with Gasteiger partial charge in [0.25, 0.3) is 5.91 Å². The Morgan fingerprint density at radius 1 is 1.20 bits per heavy atom. The lowest BCUT2D eigenvalue weighted by Crippen LogP contribution is -2.44. The molecule has 3 aromatic rings. The number of hydrogen-bond acceptors (Lipinski definition) is 4. The Bertz CT molecular complexity index is 1010. The van der Waals surface area contributed by atoms with Crippen molar-refractivity contribution in [1.29, 1.82) is 0 Å². The number of methoxy groups -OCH3 is 1. The van der Waals surface area contributed by atoms with Crippen molar-refractivity contribution in [2.75, 3.05) is 13.7 Å². The van der Waals surface area contributed by atoms with Gasteiger partial charge in [-0.15, -0.1) is 5.10 Å². The molecule has 30 heavy (non-hydrogen) atoms. The average molecular weight is 408 g/mol. The number of nitrogens with zero attached hydrogens (tertiary/aromatic N) is 4. The summed E-state index contributed by atoms with van der Waals surface area (Å²) < 4.78 is 20.9. The summed E-state index contributed by atoms with van der Waals surface area (Å²) >= 11 is 0. The molecular weight excluding hydrogens is 383 g/mol. The molecule has 0 spiro atoms. The number of ether oxygens (including phenoxy) is 1. The number of benzene rings is 2. The van der Waals surface area contributed by atoms with Crippen LogP contribution in [0.2, 0.25) is 0 Å². The van der Waals surface area contributed by atoms with E-state index in [1.807, 2.05) is 46.1 Å². The van der Waals surface area contributed by atoms with Crippen molar-refractivity contribution in [2.24, 2.45) is 0 Å². The minimum Gasteiger partial charge on any atom is -0.494 e. The van der Waals surface area contributed by atoms with E-state index in [4.69, 9.17) is 4.74 Å². The summed E-state index contributed by atoms with van der Waals surface area (Å²) in [5, 5.41) is 8.49. The minimum absolute atomic E-state index is 0.0980. The molecule has 1 atom stereocenters. The fraction of sp³-hybridized carbons (Fsp3) is 0.348. The highest BCUT2D eigenvalue weighted by atomic mass is 19.1. The lowest BCUT2D eigenvalue weighted by molar-refractivity contribution is 0.0593. The molecule has 1 saturated heterocycles. The SMILES string of the molecule is COc1ccc(C(=O)N2CCCCC2CCn2cc(-c3ccccc3)nn2)cc1F. The maximum Gasteiger partial charge on any atom is 0.254 e. The molecule has 156 valence electrons. The summed E-state index contributed by atoms with van der Waals surface area (Å²) in [4.78, 5) is 14.9. The number of aromatic nitrogens is 3. The van der Waals surface area contributed by atoms with Crippen LogP contribution in [0.15, 0.2) is 54.7 Å². The van der Waals surface area contributed by atoms with Gasteiger partial charge in [-0.25, -0.2) is 4.39 Å². The molecule has 0 bridgehead atoms. The number of carbonyl (C=O) groups is 1. The molecule has 1 aromatic heterocycles. The van der Waals surface area contributed by atoms with Crippen molar-refractivity contribution in [3.8, 4) is 17.0 Å². The van der Waals surface area contributed by atoms with Crippen LogP contribution in [-0.2, 0) is 6.54 Å². The normalized spacial score (nSPS) is 16.5. The highest BCUT2D eigenvalue weighted by Crippen LogP contribution is 2.25. The Kier molecular flexibility index (Phi) is 6.07. The van der Waals surface area contributed by atoms with Crippen LogP contribution in [0.25, 0.3) is 11.3 Å².